The minimum atomic E-state index is 0.0292. The Balaban J connectivity index is 2.46. The van der Waals surface area contributed by atoms with Crippen molar-refractivity contribution in [3.8, 4) is 0 Å². The van der Waals surface area contributed by atoms with Crippen LogP contribution in [-0.2, 0) is 9.47 Å². The Morgan fingerprint density at radius 2 is 2.12 bits per heavy atom. The van der Waals surface area contributed by atoms with Gasteiger partial charge in [-0.1, -0.05) is 26.0 Å². The summed E-state index contributed by atoms with van der Waals surface area (Å²) in [6.45, 7) is 6.49. The molecule has 1 fully saturated rings. The van der Waals surface area contributed by atoms with Crippen LogP contribution in [0.3, 0.4) is 0 Å². The molecule has 3 heteroatoms. The van der Waals surface area contributed by atoms with Gasteiger partial charge in [0, 0.05) is 13.0 Å². The molecule has 0 aromatic heterocycles. The van der Waals surface area contributed by atoms with E-state index in [1.807, 2.05) is 6.92 Å². The summed E-state index contributed by atoms with van der Waals surface area (Å²) < 4.78 is 11.0. The molecule has 1 heterocycles. The second kappa shape index (κ2) is 6.38. The van der Waals surface area contributed by atoms with Crippen molar-refractivity contribution in [2.75, 3.05) is 13.7 Å². The van der Waals surface area contributed by atoms with Crippen LogP contribution in [0.4, 0.5) is 0 Å². The molecule has 0 aromatic rings. The number of epoxide rings is 1. The van der Waals surface area contributed by atoms with Gasteiger partial charge in [-0.2, -0.15) is 0 Å². The van der Waals surface area contributed by atoms with Crippen LogP contribution in [0.2, 0.25) is 0 Å². The first-order valence-corrected chi connectivity index (χ1v) is 6.06. The van der Waals surface area contributed by atoms with Gasteiger partial charge in [0.2, 0.25) is 0 Å². The molecule has 0 aliphatic carbocycles. The molecular weight excluding hydrogens is 204 g/mol. The van der Waals surface area contributed by atoms with Gasteiger partial charge in [0.05, 0.1) is 18.8 Å². The van der Waals surface area contributed by atoms with Gasteiger partial charge < -0.3 is 14.6 Å². The highest BCUT2D eigenvalue weighted by molar-refractivity contribution is 4.94. The number of ether oxygens (including phenoxy) is 2. The number of aliphatic hydroxyl groups excluding tert-OH is 1. The maximum Gasteiger partial charge on any atom is 0.108 e. The van der Waals surface area contributed by atoms with E-state index in [0.717, 1.165) is 6.42 Å². The first-order valence-electron chi connectivity index (χ1n) is 6.06. The van der Waals surface area contributed by atoms with Crippen molar-refractivity contribution in [1.29, 1.82) is 0 Å². The van der Waals surface area contributed by atoms with E-state index in [1.54, 1.807) is 7.11 Å². The molecule has 0 bridgehead atoms. The minimum absolute atomic E-state index is 0.0292. The number of methoxy groups -OCH3 is 1. The second-order valence-electron chi connectivity index (χ2n) is 4.66. The van der Waals surface area contributed by atoms with E-state index in [2.05, 4.69) is 26.0 Å². The zero-order chi connectivity index (χ0) is 12.1. The Morgan fingerprint density at radius 1 is 1.44 bits per heavy atom. The van der Waals surface area contributed by atoms with Crippen LogP contribution in [0, 0.1) is 11.8 Å². The molecule has 0 aromatic carbocycles. The van der Waals surface area contributed by atoms with Crippen LogP contribution in [0.25, 0.3) is 0 Å². The van der Waals surface area contributed by atoms with Crippen molar-refractivity contribution in [1.82, 2.24) is 0 Å². The normalized spacial score (nSPS) is 30.3. The van der Waals surface area contributed by atoms with Gasteiger partial charge in [-0.25, -0.2) is 0 Å². The SMILES string of the molecule is C/C=C/C[C@H](C)[C@@H](OC)[C@@H](C)[C@@H]1O[C@H]1CO. The molecule has 0 radical (unpaired) electrons. The summed E-state index contributed by atoms with van der Waals surface area (Å²) in [6, 6.07) is 0. The van der Waals surface area contributed by atoms with E-state index in [0.29, 0.717) is 11.8 Å². The van der Waals surface area contributed by atoms with Crippen LogP contribution >= 0.6 is 0 Å². The molecule has 1 saturated heterocycles. The molecule has 0 saturated carbocycles. The lowest BCUT2D eigenvalue weighted by molar-refractivity contribution is 0.00898. The van der Waals surface area contributed by atoms with Crippen molar-refractivity contribution in [2.24, 2.45) is 11.8 Å². The molecular formula is C13H24O3. The topological polar surface area (TPSA) is 42.0 Å². The summed E-state index contributed by atoms with van der Waals surface area (Å²) in [7, 11) is 1.75. The van der Waals surface area contributed by atoms with E-state index < -0.39 is 0 Å². The molecule has 1 aliphatic rings. The maximum absolute atomic E-state index is 8.98. The minimum Gasteiger partial charge on any atom is -0.394 e. The van der Waals surface area contributed by atoms with Gasteiger partial charge in [0.15, 0.2) is 0 Å². The summed E-state index contributed by atoms with van der Waals surface area (Å²) >= 11 is 0. The van der Waals surface area contributed by atoms with Crippen molar-refractivity contribution in [3.05, 3.63) is 12.2 Å². The van der Waals surface area contributed by atoms with Crippen LogP contribution < -0.4 is 0 Å². The third-order valence-electron chi connectivity index (χ3n) is 3.41. The predicted molar refractivity (Wildman–Crippen MR) is 64.3 cm³/mol. The van der Waals surface area contributed by atoms with Gasteiger partial charge in [-0.3, -0.25) is 0 Å². The standard InChI is InChI=1S/C13H24O3/c1-5-6-7-9(2)12(15-4)10(3)13-11(8-14)16-13/h5-6,9-14H,7-8H2,1-4H3/b6-5+/t9-,10+,11-,12+,13-/m0/s1. The third-order valence-corrected chi connectivity index (χ3v) is 3.41. The second-order valence-corrected chi connectivity index (χ2v) is 4.66. The summed E-state index contributed by atoms with van der Waals surface area (Å²) in [4.78, 5) is 0. The summed E-state index contributed by atoms with van der Waals surface area (Å²) in [5.74, 6) is 0.808. The highest BCUT2D eigenvalue weighted by atomic mass is 16.6. The largest absolute Gasteiger partial charge is 0.394 e. The Bertz CT molecular complexity index is 227. The summed E-state index contributed by atoms with van der Waals surface area (Å²) in [6.07, 6.45) is 5.65. The Labute approximate surface area is 98.4 Å². The van der Waals surface area contributed by atoms with E-state index in [9.17, 15) is 0 Å². The van der Waals surface area contributed by atoms with Crippen molar-refractivity contribution in [2.45, 2.75) is 45.5 Å². The zero-order valence-corrected chi connectivity index (χ0v) is 10.7. The number of allylic oxidation sites excluding steroid dienone is 2. The molecule has 16 heavy (non-hydrogen) atoms. The monoisotopic (exact) mass is 228 g/mol. The van der Waals surface area contributed by atoms with Gasteiger partial charge in [0.1, 0.15) is 6.10 Å². The van der Waals surface area contributed by atoms with Crippen molar-refractivity contribution >= 4 is 0 Å². The number of rotatable bonds is 7. The lowest BCUT2D eigenvalue weighted by atomic mass is 9.88. The lowest BCUT2D eigenvalue weighted by Gasteiger charge is -2.27. The maximum atomic E-state index is 8.98. The van der Waals surface area contributed by atoms with Gasteiger partial charge >= 0.3 is 0 Å². The third kappa shape index (κ3) is 3.30. The highest BCUT2D eigenvalue weighted by Crippen LogP contribution is 2.34. The predicted octanol–water partition coefficient (Wildman–Crippen LogP) is 2.00. The quantitative estimate of drug-likeness (QED) is 0.535. The van der Waals surface area contributed by atoms with Crippen LogP contribution in [0.15, 0.2) is 12.2 Å². The first-order chi connectivity index (χ1) is 7.65. The molecule has 3 nitrogen and oxygen atoms in total. The van der Waals surface area contributed by atoms with Gasteiger partial charge in [-0.05, 0) is 19.3 Å². The van der Waals surface area contributed by atoms with E-state index in [4.69, 9.17) is 14.6 Å². The Morgan fingerprint density at radius 3 is 2.56 bits per heavy atom. The molecule has 5 atom stereocenters. The summed E-state index contributed by atoms with van der Waals surface area (Å²) in [5, 5.41) is 8.98. The van der Waals surface area contributed by atoms with Crippen LogP contribution in [0.1, 0.15) is 27.2 Å². The molecule has 0 spiro atoms. The Hall–Kier alpha value is -0.380. The fourth-order valence-corrected chi connectivity index (χ4v) is 2.40. The van der Waals surface area contributed by atoms with Crippen molar-refractivity contribution in [3.63, 3.8) is 0 Å². The van der Waals surface area contributed by atoms with Gasteiger partial charge in [0.25, 0.3) is 0 Å². The Kier molecular flexibility index (Phi) is 5.46. The molecule has 1 N–H and O–H groups in total. The average molecular weight is 228 g/mol. The van der Waals surface area contributed by atoms with E-state index in [1.165, 1.54) is 0 Å². The number of hydrogen-bond donors (Lipinski definition) is 1. The van der Waals surface area contributed by atoms with Crippen LogP contribution in [-0.4, -0.2) is 37.1 Å². The smallest absolute Gasteiger partial charge is 0.108 e. The lowest BCUT2D eigenvalue weighted by Crippen LogP contribution is -2.32. The van der Waals surface area contributed by atoms with Crippen LogP contribution in [0.5, 0.6) is 0 Å². The van der Waals surface area contributed by atoms with Gasteiger partial charge in [-0.15, -0.1) is 0 Å². The molecule has 1 aliphatic heterocycles. The average Bonchev–Trinajstić information content (AvgIpc) is 3.06. The molecule has 94 valence electrons. The highest BCUT2D eigenvalue weighted by Gasteiger charge is 2.46. The zero-order valence-electron chi connectivity index (χ0n) is 10.7. The first kappa shape index (κ1) is 13.7. The molecule has 0 amide bonds. The molecule has 1 rings (SSSR count). The number of hydrogen-bond acceptors (Lipinski definition) is 3. The summed E-state index contributed by atoms with van der Waals surface area (Å²) in [5.41, 5.74) is 0. The van der Waals surface area contributed by atoms with Crippen molar-refractivity contribution < 1.29 is 14.6 Å². The fourth-order valence-electron chi connectivity index (χ4n) is 2.40. The fraction of sp³-hybridized carbons (Fsp3) is 0.846. The molecule has 0 unspecified atom stereocenters. The number of aliphatic hydroxyl groups is 1. The van der Waals surface area contributed by atoms with E-state index >= 15 is 0 Å². The van der Waals surface area contributed by atoms with E-state index in [-0.39, 0.29) is 24.9 Å².